The van der Waals surface area contributed by atoms with Crippen LogP contribution in [0, 0.1) is 12.8 Å². The molecule has 1 heterocycles. The van der Waals surface area contributed by atoms with Crippen molar-refractivity contribution in [3.63, 3.8) is 0 Å². The van der Waals surface area contributed by atoms with Crippen LogP contribution in [0.3, 0.4) is 0 Å². The predicted molar refractivity (Wildman–Crippen MR) is 88.8 cm³/mol. The predicted octanol–water partition coefficient (Wildman–Crippen LogP) is 3.70. The Kier molecular flexibility index (Phi) is 6.68. The number of hydrogen-bond donors (Lipinski definition) is 2. The van der Waals surface area contributed by atoms with Gasteiger partial charge in [-0.2, -0.15) is 0 Å². The minimum absolute atomic E-state index is 0.221. The summed E-state index contributed by atoms with van der Waals surface area (Å²) in [6, 6.07) is 2.35. The van der Waals surface area contributed by atoms with Crippen molar-refractivity contribution < 1.29 is 9.53 Å². The summed E-state index contributed by atoms with van der Waals surface area (Å²) in [6.45, 7) is 13.4. The summed E-state index contributed by atoms with van der Waals surface area (Å²) >= 11 is 1.76. The zero-order valence-electron chi connectivity index (χ0n) is 13.9. The van der Waals surface area contributed by atoms with Crippen molar-refractivity contribution in [3.8, 4) is 0 Å². The average Bonchev–Trinajstić information content (AvgIpc) is 2.72. The molecule has 1 unspecified atom stereocenters. The van der Waals surface area contributed by atoms with E-state index in [9.17, 15) is 4.79 Å². The highest BCUT2D eigenvalue weighted by molar-refractivity contribution is 7.10. The van der Waals surface area contributed by atoms with E-state index in [4.69, 9.17) is 4.74 Å². The standard InChI is InChI=1S/C16H28N2O2S/c1-11(2)13(9-18-15(19)20-16(4,5)6)17-10-14-12(3)7-8-21-14/h7-8,11,13,17H,9-10H2,1-6H3,(H,18,19). The fraction of sp³-hybridized carbons (Fsp3) is 0.688. The molecule has 0 bridgehead atoms. The first kappa shape index (κ1) is 18.0. The molecule has 1 amide bonds. The monoisotopic (exact) mass is 312 g/mol. The number of thiophene rings is 1. The molecule has 0 aliphatic heterocycles. The number of alkyl carbamates (subject to hydrolysis) is 1. The quantitative estimate of drug-likeness (QED) is 0.842. The highest BCUT2D eigenvalue weighted by Crippen LogP contribution is 2.15. The third kappa shape index (κ3) is 6.96. The molecule has 21 heavy (non-hydrogen) atoms. The molecule has 2 N–H and O–H groups in total. The Labute approximate surface area is 132 Å². The molecule has 0 aromatic carbocycles. The summed E-state index contributed by atoms with van der Waals surface area (Å²) < 4.78 is 5.26. The van der Waals surface area contributed by atoms with Crippen molar-refractivity contribution in [2.45, 2.75) is 59.7 Å². The maximum atomic E-state index is 11.7. The molecule has 0 fully saturated rings. The van der Waals surface area contributed by atoms with Crippen LogP contribution in [0.4, 0.5) is 4.79 Å². The lowest BCUT2D eigenvalue weighted by Crippen LogP contribution is -2.45. The molecular formula is C16H28N2O2S. The van der Waals surface area contributed by atoms with Crippen molar-refractivity contribution in [1.82, 2.24) is 10.6 Å². The van der Waals surface area contributed by atoms with Crippen LogP contribution >= 0.6 is 11.3 Å². The Balaban J connectivity index is 2.43. The summed E-state index contributed by atoms with van der Waals surface area (Å²) in [5.41, 5.74) is 0.856. The average molecular weight is 312 g/mol. The summed E-state index contributed by atoms with van der Waals surface area (Å²) in [6.07, 6.45) is -0.359. The van der Waals surface area contributed by atoms with Gasteiger partial charge in [0.05, 0.1) is 0 Å². The lowest BCUT2D eigenvalue weighted by Gasteiger charge is -2.24. The van der Waals surface area contributed by atoms with E-state index in [1.54, 1.807) is 11.3 Å². The van der Waals surface area contributed by atoms with Gasteiger partial charge >= 0.3 is 6.09 Å². The Morgan fingerprint density at radius 3 is 2.52 bits per heavy atom. The molecule has 0 saturated heterocycles. The molecule has 1 aromatic heterocycles. The maximum absolute atomic E-state index is 11.7. The third-order valence-corrected chi connectivity index (χ3v) is 4.19. The van der Waals surface area contributed by atoms with Gasteiger partial charge in [0.1, 0.15) is 5.60 Å². The van der Waals surface area contributed by atoms with Gasteiger partial charge in [0.15, 0.2) is 0 Å². The van der Waals surface area contributed by atoms with Gasteiger partial charge in [0.2, 0.25) is 0 Å². The molecule has 1 rings (SSSR count). The molecule has 5 heteroatoms. The highest BCUT2D eigenvalue weighted by atomic mass is 32.1. The Bertz CT molecular complexity index is 449. The second kappa shape index (κ2) is 7.80. The Morgan fingerprint density at radius 2 is 2.05 bits per heavy atom. The van der Waals surface area contributed by atoms with Gasteiger partial charge in [0, 0.05) is 24.0 Å². The molecule has 1 atom stereocenters. The van der Waals surface area contributed by atoms with Gasteiger partial charge in [0.25, 0.3) is 0 Å². The largest absolute Gasteiger partial charge is 0.444 e. The minimum atomic E-state index is -0.459. The van der Waals surface area contributed by atoms with E-state index in [1.807, 2.05) is 20.8 Å². The lowest BCUT2D eigenvalue weighted by atomic mass is 10.0. The van der Waals surface area contributed by atoms with Crippen LogP contribution in [0.25, 0.3) is 0 Å². The first-order valence-electron chi connectivity index (χ1n) is 7.42. The van der Waals surface area contributed by atoms with Crippen molar-refractivity contribution >= 4 is 17.4 Å². The summed E-state index contributed by atoms with van der Waals surface area (Å²) in [5, 5.41) is 8.47. The Morgan fingerprint density at radius 1 is 1.38 bits per heavy atom. The van der Waals surface area contributed by atoms with E-state index < -0.39 is 5.60 Å². The molecule has 1 aromatic rings. The normalized spacial score (nSPS) is 13.3. The van der Waals surface area contributed by atoms with Crippen molar-refractivity contribution in [1.29, 1.82) is 0 Å². The first-order valence-corrected chi connectivity index (χ1v) is 8.30. The van der Waals surface area contributed by atoms with Crippen molar-refractivity contribution in [2.75, 3.05) is 6.54 Å². The van der Waals surface area contributed by atoms with E-state index >= 15 is 0 Å². The van der Waals surface area contributed by atoms with Crippen LogP contribution in [0.1, 0.15) is 45.1 Å². The molecule has 0 spiro atoms. The molecule has 0 aliphatic carbocycles. The van der Waals surface area contributed by atoms with Crippen LogP contribution < -0.4 is 10.6 Å². The molecule has 4 nitrogen and oxygen atoms in total. The zero-order chi connectivity index (χ0) is 16.0. The SMILES string of the molecule is Cc1ccsc1CNC(CNC(=O)OC(C)(C)C)C(C)C. The first-order chi connectivity index (χ1) is 9.69. The van der Waals surface area contributed by atoms with Crippen LogP contribution in [0.5, 0.6) is 0 Å². The van der Waals surface area contributed by atoms with Gasteiger partial charge < -0.3 is 15.4 Å². The molecule has 0 saturated carbocycles. The number of hydrogen-bond acceptors (Lipinski definition) is 4. The van der Waals surface area contributed by atoms with Crippen LogP contribution in [-0.2, 0) is 11.3 Å². The van der Waals surface area contributed by atoms with E-state index in [0.717, 1.165) is 6.54 Å². The third-order valence-electron chi connectivity index (χ3n) is 3.16. The van der Waals surface area contributed by atoms with Crippen LogP contribution in [0.2, 0.25) is 0 Å². The molecular weight excluding hydrogens is 284 g/mol. The number of carbonyl (C=O) groups excluding carboxylic acids is 1. The maximum Gasteiger partial charge on any atom is 0.407 e. The van der Waals surface area contributed by atoms with Gasteiger partial charge in [-0.15, -0.1) is 11.3 Å². The summed E-state index contributed by atoms with van der Waals surface area (Å²) in [7, 11) is 0. The number of rotatable bonds is 6. The number of ether oxygens (including phenoxy) is 1. The van der Waals surface area contributed by atoms with E-state index in [2.05, 4.69) is 42.9 Å². The van der Waals surface area contributed by atoms with Gasteiger partial charge in [-0.25, -0.2) is 4.79 Å². The topological polar surface area (TPSA) is 50.4 Å². The number of nitrogens with one attached hydrogen (secondary N) is 2. The number of amides is 1. The lowest BCUT2D eigenvalue weighted by molar-refractivity contribution is 0.0519. The highest BCUT2D eigenvalue weighted by Gasteiger charge is 2.19. The van der Waals surface area contributed by atoms with Crippen molar-refractivity contribution in [3.05, 3.63) is 21.9 Å². The van der Waals surface area contributed by atoms with E-state index in [1.165, 1.54) is 10.4 Å². The Hall–Kier alpha value is -1.07. The second-order valence-electron chi connectivity index (χ2n) is 6.64. The summed E-state index contributed by atoms with van der Waals surface area (Å²) in [5.74, 6) is 0.431. The smallest absolute Gasteiger partial charge is 0.407 e. The fourth-order valence-corrected chi connectivity index (χ4v) is 2.72. The number of carbonyl (C=O) groups is 1. The molecule has 0 aliphatic rings. The molecule has 0 radical (unpaired) electrons. The molecule has 120 valence electrons. The van der Waals surface area contributed by atoms with Crippen LogP contribution in [-0.4, -0.2) is 24.3 Å². The summed E-state index contributed by atoms with van der Waals surface area (Å²) in [4.78, 5) is 13.1. The van der Waals surface area contributed by atoms with Gasteiger partial charge in [-0.1, -0.05) is 13.8 Å². The van der Waals surface area contributed by atoms with E-state index in [-0.39, 0.29) is 12.1 Å². The fourth-order valence-electron chi connectivity index (χ4n) is 1.86. The van der Waals surface area contributed by atoms with E-state index in [0.29, 0.717) is 12.5 Å². The van der Waals surface area contributed by atoms with Gasteiger partial charge in [-0.05, 0) is 50.6 Å². The number of aryl methyl sites for hydroxylation is 1. The van der Waals surface area contributed by atoms with Crippen LogP contribution in [0.15, 0.2) is 11.4 Å². The van der Waals surface area contributed by atoms with Crippen molar-refractivity contribution in [2.24, 2.45) is 5.92 Å². The zero-order valence-corrected chi connectivity index (χ0v) is 14.8. The minimum Gasteiger partial charge on any atom is -0.444 e. The van der Waals surface area contributed by atoms with Gasteiger partial charge in [-0.3, -0.25) is 0 Å². The second-order valence-corrected chi connectivity index (χ2v) is 7.64.